The van der Waals surface area contributed by atoms with Gasteiger partial charge < -0.3 is 15.4 Å². The molecule has 0 aliphatic heterocycles. The standard InChI is InChI=1S/C21H29N3O.HI/c1-5-25-15-20-9-7-6-8-19(20)14-24-21(22-4)23-13-18-11-10-16(2)12-17(18)3;/h6-12H,5,13-15H2,1-4H3,(H2,22,23,24);1H. The van der Waals surface area contributed by atoms with Crippen LogP contribution in [0.15, 0.2) is 47.5 Å². The summed E-state index contributed by atoms with van der Waals surface area (Å²) in [7, 11) is 1.80. The van der Waals surface area contributed by atoms with Crippen molar-refractivity contribution >= 4 is 29.9 Å². The molecule has 2 aromatic carbocycles. The molecule has 0 saturated heterocycles. The number of ether oxygens (including phenoxy) is 1. The van der Waals surface area contributed by atoms with Gasteiger partial charge in [0.05, 0.1) is 6.61 Å². The van der Waals surface area contributed by atoms with Crippen LogP contribution in [0.1, 0.15) is 34.7 Å². The van der Waals surface area contributed by atoms with Crippen molar-refractivity contribution in [3.8, 4) is 0 Å². The highest BCUT2D eigenvalue weighted by Crippen LogP contribution is 2.11. The van der Waals surface area contributed by atoms with E-state index < -0.39 is 0 Å². The molecule has 0 amide bonds. The van der Waals surface area contributed by atoms with Gasteiger partial charge in [0, 0.05) is 26.7 Å². The summed E-state index contributed by atoms with van der Waals surface area (Å²) in [4.78, 5) is 4.32. The Balaban J connectivity index is 0.00000338. The molecule has 0 spiro atoms. The van der Waals surface area contributed by atoms with E-state index in [1.807, 2.05) is 13.0 Å². The van der Waals surface area contributed by atoms with Crippen LogP contribution in [0.2, 0.25) is 0 Å². The second-order valence-corrected chi connectivity index (χ2v) is 6.12. The molecule has 0 unspecified atom stereocenters. The molecule has 0 aromatic heterocycles. The molecular weight excluding hydrogens is 437 g/mol. The fraction of sp³-hybridized carbons (Fsp3) is 0.381. The lowest BCUT2D eigenvalue weighted by atomic mass is 10.1. The van der Waals surface area contributed by atoms with Crippen LogP contribution in [-0.2, 0) is 24.4 Å². The van der Waals surface area contributed by atoms with E-state index in [0.717, 1.165) is 25.7 Å². The minimum absolute atomic E-state index is 0. The topological polar surface area (TPSA) is 45.6 Å². The summed E-state index contributed by atoms with van der Waals surface area (Å²) in [5.74, 6) is 0.797. The maximum Gasteiger partial charge on any atom is 0.191 e. The first kappa shape index (κ1) is 22.4. The first-order valence-electron chi connectivity index (χ1n) is 8.79. The summed E-state index contributed by atoms with van der Waals surface area (Å²) in [5, 5.41) is 6.77. The van der Waals surface area contributed by atoms with Gasteiger partial charge in [-0.05, 0) is 43.0 Å². The molecule has 0 bridgehead atoms. The maximum atomic E-state index is 5.55. The number of hydrogen-bond donors (Lipinski definition) is 2. The zero-order valence-corrected chi connectivity index (χ0v) is 18.5. The van der Waals surface area contributed by atoms with Gasteiger partial charge in [0.1, 0.15) is 0 Å². The maximum absolute atomic E-state index is 5.55. The highest BCUT2D eigenvalue weighted by molar-refractivity contribution is 14.0. The van der Waals surface area contributed by atoms with Gasteiger partial charge in [0.2, 0.25) is 0 Å². The van der Waals surface area contributed by atoms with E-state index in [-0.39, 0.29) is 24.0 Å². The molecule has 5 heteroatoms. The van der Waals surface area contributed by atoms with Gasteiger partial charge in [-0.1, -0.05) is 48.0 Å². The Bertz CT molecular complexity index is 716. The van der Waals surface area contributed by atoms with Crippen LogP contribution in [0.25, 0.3) is 0 Å². The molecule has 0 saturated carbocycles. The molecule has 26 heavy (non-hydrogen) atoms. The van der Waals surface area contributed by atoms with Crippen molar-refractivity contribution < 1.29 is 4.74 Å². The Hall–Kier alpha value is -1.60. The number of nitrogens with zero attached hydrogens (tertiary/aromatic N) is 1. The predicted molar refractivity (Wildman–Crippen MR) is 120 cm³/mol. The average molecular weight is 467 g/mol. The molecule has 2 aromatic rings. The van der Waals surface area contributed by atoms with E-state index in [1.165, 1.54) is 27.8 Å². The van der Waals surface area contributed by atoms with Crippen LogP contribution < -0.4 is 10.6 Å². The zero-order valence-electron chi connectivity index (χ0n) is 16.1. The van der Waals surface area contributed by atoms with Gasteiger partial charge in [-0.25, -0.2) is 0 Å². The molecule has 142 valence electrons. The van der Waals surface area contributed by atoms with E-state index in [4.69, 9.17) is 4.74 Å². The van der Waals surface area contributed by atoms with Crippen LogP contribution in [0.5, 0.6) is 0 Å². The van der Waals surface area contributed by atoms with Gasteiger partial charge in [-0.3, -0.25) is 4.99 Å². The van der Waals surface area contributed by atoms with E-state index >= 15 is 0 Å². The normalized spacial score (nSPS) is 11.0. The van der Waals surface area contributed by atoms with Crippen molar-refractivity contribution in [3.63, 3.8) is 0 Å². The fourth-order valence-electron chi connectivity index (χ4n) is 2.71. The van der Waals surface area contributed by atoms with Gasteiger partial charge in [-0.2, -0.15) is 0 Å². The number of aliphatic imine (C=N–C) groups is 1. The first-order valence-corrected chi connectivity index (χ1v) is 8.79. The van der Waals surface area contributed by atoms with Crippen LogP contribution in [0, 0.1) is 13.8 Å². The lowest BCUT2D eigenvalue weighted by Gasteiger charge is -2.15. The second kappa shape index (κ2) is 11.9. The Kier molecular flexibility index (Phi) is 10.3. The quantitative estimate of drug-likeness (QED) is 0.362. The third-order valence-electron chi connectivity index (χ3n) is 4.19. The summed E-state index contributed by atoms with van der Waals surface area (Å²) >= 11 is 0. The van der Waals surface area contributed by atoms with Gasteiger partial charge in [0.15, 0.2) is 5.96 Å². The molecule has 0 radical (unpaired) electrons. The number of benzene rings is 2. The SMILES string of the molecule is CCOCc1ccccc1CNC(=NC)NCc1ccc(C)cc1C.I. The molecular formula is C21H30IN3O. The Morgan fingerprint density at radius 1 is 0.962 bits per heavy atom. The van der Waals surface area contributed by atoms with Crippen molar-refractivity contribution in [2.75, 3.05) is 13.7 Å². The summed E-state index contributed by atoms with van der Waals surface area (Å²) in [6.07, 6.45) is 0. The molecule has 0 aliphatic rings. The van der Waals surface area contributed by atoms with Crippen molar-refractivity contribution in [1.29, 1.82) is 0 Å². The smallest absolute Gasteiger partial charge is 0.191 e. The van der Waals surface area contributed by atoms with Crippen LogP contribution in [0.3, 0.4) is 0 Å². The van der Waals surface area contributed by atoms with Crippen molar-refractivity contribution in [2.24, 2.45) is 4.99 Å². The zero-order chi connectivity index (χ0) is 18.1. The molecule has 2 rings (SSSR count). The van der Waals surface area contributed by atoms with Gasteiger partial charge in [0.25, 0.3) is 0 Å². The van der Waals surface area contributed by atoms with Crippen molar-refractivity contribution in [1.82, 2.24) is 10.6 Å². The summed E-state index contributed by atoms with van der Waals surface area (Å²) in [6.45, 7) is 9.11. The lowest BCUT2D eigenvalue weighted by Crippen LogP contribution is -2.36. The molecule has 0 fully saturated rings. The number of aryl methyl sites for hydroxylation is 2. The molecule has 2 N–H and O–H groups in total. The third-order valence-corrected chi connectivity index (χ3v) is 4.19. The summed E-state index contributed by atoms with van der Waals surface area (Å²) in [6, 6.07) is 14.9. The average Bonchev–Trinajstić information content (AvgIpc) is 2.62. The first-order chi connectivity index (χ1) is 12.1. The monoisotopic (exact) mass is 467 g/mol. The van der Waals surface area contributed by atoms with Crippen LogP contribution in [0.4, 0.5) is 0 Å². The number of halogens is 1. The van der Waals surface area contributed by atoms with E-state index in [0.29, 0.717) is 6.61 Å². The van der Waals surface area contributed by atoms with Crippen molar-refractivity contribution in [2.45, 2.75) is 40.5 Å². The highest BCUT2D eigenvalue weighted by atomic mass is 127. The van der Waals surface area contributed by atoms with Gasteiger partial charge in [-0.15, -0.1) is 24.0 Å². The van der Waals surface area contributed by atoms with Crippen molar-refractivity contribution in [3.05, 3.63) is 70.3 Å². The lowest BCUT2D eigenvalue weighted by molar-refractivity contribution is 0.133. The molecule has 0 atom stereocenters. The summed E-state index contributed by atoms with van der Waals surface area (Å²) in [5.41, 5.74) is 6.30. The van der Waals surface area contributed by atoms with E-state index in [2.05, 4.69) is 65.9 Å². The molecule has 0 aliphatic carbocycles. The number of hydrogen-bond acceptors (Lipinski definition) is 2. The third kappa shape index (κ3) is 6.96. The van der Waals surface area contributed by atoms with Gasteiger partial charge >= 0.3 is 0 Å². The molecule has 0 heterocycles. The largest absolute Gasteiger partial charge is 0.377 e. The van der Waals surface area contributed by atoms with E-state index in [9.17, 15) is 0 Å². The minimum atomic E-state index is 0. The fourth-order valence-corrected chi connectivity index (χ4v) is 2.71. The predicted octanol–water partition coefficient (Wildman–Crippen LogP) is 4.32. The van der Waals surface area contributed by atoms with E-state index in [1.54, 1.807) is 7.05 Å². The van der Waals surface area contributed by atoms with Crippen LogP contribution >= 0.6 is 24.0 Å². The minimum Gasteiger partial charge on any atom is -0.377 e. The second-order valence-electron chi connectivity index (χ2n) is 6.12. The Morgan fingerprint density at radius 3 is 2.23 bits per heavy atom. The number of nitrogens with one attached hydrogen (secondary N) is 2. The highest BCUT2D eigenvalue weighted by Gasteiger charge is 2.05. The Morgan fingerprint density at radius 2 is 1.62 bits per heavy atom. The number of guanidine groups is 1. The Labute approximate surface area is 174 Å². The van der Waals surface area contributed by atoms with Crippen LogP contribution in [-0.4, -0.2) is 19.6 Å². The summed E-state index contributed by atoms with van der Waals surface area (Å²) < 4.78 is 5.55. The molecule has 4 nitrogen and oxygen atoms in total. The number of rotatable bonds is 7.